The number of hydrogen-bond acceptors (Lipinski definition) is 5. The molecule has 0 saturated carbocycles. The summed E-state index contributed by atoms with van der Waals surface area (Å²) in [6, 6.07) is 19.0. The Morgan fingerprint density at radius 2 is 1.77 bits per heavy atom. The molecule has 1 saturated heterocycles. The number of nitrogens with one attached hydrogen (secondary N) is 1. The van der Waals surface area contributed by atoms with Crippen LogP contribution in [0.4, 0.5) is 5.82 Å². The predicted molar refractivity (Wildman–Crippen MR) is 138 cm³/mol. The van der Waals surface area contributed by atoms with E-state index in [0.29, 0.717) is 18.9 Å². The summed E-state index contributed by atoms with van der Waals surface area (Å²) in [4.78, 5) is 27.5. The Balaban J connectivity index is 1.39. The van der Waals surface area contributed by atoms with Gasteiger partial charge in [-0.05, 0) is 74.6 Å². The van der Waals surface area contributed by atoms with Crippen LogP contribution in [0, 0.1) is 5.92 Å². The number of amides is 1. The van der Waals surface area contributed by atoms with Crippen molar-refractivity contribution in [2.75, 3.05) is 18.0 Å². The number of aromatic nitrogens is 2. The molecule has 1 aliphatic heterocycles. The summed E-state index contributed by atoms with van der Waals surface area (Å²) in [5.41, 5.74) is 2.81. The van der Waals surface area contributed by atoms with Gasteiger partial charge in [-0.1, -0.05) is 31.2 Å². The lowest BCUT2D eigenvalue weighted by atomic mass is 9.97. The van der Waals surface area contributed by atoms with Crippen LogP contribution in [0.1, 0.15) is 44.7 Å². The lowest BCUT2D eigenvalue weighted by molar-refractivity contribution is -0.125. The standard InChI is InChI=1S/C28H34N4O3/c1-4-21-7-11-24(12-8-21)32-27(33)16-15-26(30-32)31-17-5-6-23(19-31)28(34)29-18-22-9-13-25(14-10-22)35-20(2)3/h7-16,20,23H,4-6,17-19H2,1-3H3,(H,29,34). The molecule has 1 amide bonds. The zero-order chi connectivity index (χ0) is 24.8. The molecule has 3 aromatic rings. The van der Waals surface area contributed by atoms with Crippen molar-refractivity contribution >= 4 is 11.7 Å². The molecule has 1 unspecified atom stereocenters. The number of rotatable bonds is 8. The molecule has 0 spiro atoms. The quantitative estimate of drug-likeness (QED) is 0.532. The maximum atomic E-state index is 12.9. The Hall–Kier alpha value is -3.61. The fourth-order valence-corrected chi connectivity index (χ4v) is 4.32. The minimum Gasteiger partial charge on any atom is -0.491 e. The van der Waals surface area contributed by atoms with Gasteiger partial charge in [-0.15, -0.1) is 5.10 Å². The summed E-state index contributed by atoms with van der Waals surface area (Å²) in [6.45, 7) is 7.95. The highest BCUT2D eigenvalue weighted by Crippen LogP contribution is 2.22. The monoisotopic (exact) mass is 474 g/mol. The van der Waals surface area contributed by atoms with Crippen molar-refractivity contribution in [1.29, 1.82) is 0 Å². The lowest BCUT2D eigenvalue weighted by Gasteiger charge is -2.33. The Labute approximate surface area is 206 Å². The molecule has 7 nitrogen and oxygen atoms in total. The van der Waals surface area contributed by atoms with Crippen molar-refractivity contribution in [1.82, 2.24) is 15.1 Å². The summed E-state index contributed by atoms with van der Waals surface area (Å²) in [7, 11) is 0. The van der Waals surface area contributed by atoms with Crippen molar-refractivity contribution in [3.63, 3.8) is 0 Å². The third kappa shape index (κ3) is 6.29. The molecule has 184 valence electrons. The highest BCUT2D eigenvalue weighted by molar-refractivity contribution is 5.79. The van der Waals surface area contributed by atoms with Crippen molar-refractivity contribution < 1.29 is 9.53 Å². The van der Waals surface area contributed by atoms with Crippen LogP contribution < -0.4 is 20.5 Å². The van der Waals surface area contributed by atoms with Crippen LogP contribution in [0.2, 0.25) is 0 Å². The van der Waals surface area contributed by atoms with E-state index in [1.807, 2.05) is 62.4 Å². The average molecular weight is 475 g/mol. The van der Waals surface area contributed by atoms with Gasteiger partial charge in [0.15, 0.2) is 0 Å². The molecule has 1 atom stereocenters. The summed E-state index contributed by atoms with van der Waals surface area (Å²) in [5.74, 6) is 1.45. The third-order valence-corrected chi connectivity index (χ3v) is 6.25. The van der Waals surface area contributed by atoms with Gasteiger partial charge >= 0.3 is 0 Å². The van der Waals surface area contributed by atoms with Gasteiger partial charge in [-0.2, -0.15) is 4.68 Å². The van der Waals surface area contributed by atoms with E-state index in [0.717, 1.165) is 42.8 Å². The van der Waals surface area contributed by atoms with Crippen LogP contribution in [-0.2, 0) is 17.8 Å². The summed E-state index contributed by atoms with van der Waals surface area (Å²) >= 11 is 0. The van der Waals surface area contributed by atoms with E-state index in [1.165, 1.54) is 10.2 Å². The zero-order valence-corrected chi connectivity index (χ0v) is 20.7. The van der Waals surface area contributed by atoms with E-state index in [-0.39, 0.29) is 23.5 Å². The SMILES string of the molecule is CCc1ccc(-n2nc(N3CCCC(C(=O)NCc4ccc(OC(C)C)cc4)C3)ccc2=O)cc1. The first-order chi connectivity index (χ1) is 16.9. The third-order valence-electron chi connectivity index (χ3n) is 6.25. The summed E-state index contributed by atoms with van der Waals surface area (Å²) < 4.78 is 7.11. The van der Waals surface area contributed by atoms with Gasteiger partial charge in [0.2, 0.25) is 5.91 Å². The normalized spacial score (nSPS) is 15.8. The number of nitrogens with zero attached hydrogens (tertiary/aromatic N) is 3. The molecular weight excluding hydrogens is 440 g/mol. The second kappa shape index (κ2) is 11.2. The molecule has 1 aliphatic rings. The highest BCUT2D eigenvalue weighted by atomic mass is 16.5. The van der Waals surface area contributed by atoms with Crippen molar-refractivity contribution in [3.05, 3.63) is 82.1 Å². The van der Waals surface area contributed by atoms with Crippen molar-refractivity contribution in [2.45, 2.75) is 52.7 Å². The maximum Gasteiger partial charge on any atom is 0.271 e. The second-order valence-corrected chi connectivity index (χ2v) is 9.28. The fourth-order valence-electron chi connectivity index (χ4n) is 4.32. The first-order valence-electron chi connectivity index (χ1n) is 12.4. The zero-order valence-electron chi connectivity index (χ0n) is 20.7. The number of piperidine rings is 1. The Morgan fingerprint density at radius 3 is 2.46 bits per heavy atom. The fraction of sp³-hybridized carbons (Fsp3) is 0.393. The predicted octanol–water partition coefficient (Wildman–Crippen LogP) is 4.11. The highest BCUT2D eigenvalue weighted by Gasteiger charge is 2.27. The molecule has 0 aliphatic carbocycles. The number of ether oxygens (including phenoxy) is 1. The molecule has 0 radical (unpaired) electrons. The van der Waals surface area contributed by atoms with Crippen LogP contribution in [0.3, 0.4) is 0 Å². The molecular formula is C28H34N4O3. The average Bonchev–Trinajstić information content (AvgIpc) is 2.88. The molecule has 35 heavy (non-hydrogen) atoms. The number of anilines is 1. The first-order valence-corrected chi connectivity index (χ1v) is 12.4. The number of aryl methyl sites for hydroxylation is 1. The molecule has 0 bridgehead atoms. The van der Waals surface area contributed by atoms with E-state index in [4.69, 9.17) is 4.74 Å². The first kappa shape index (κ1) is 24.5. The minimum atomic E-state index is -0.172. The lowest BCUT2D eigenvalue weighted by Crippen LogP contribution is -2.43. The van der Waals surface area contributed by atoms with Crippen LogP contribution in [-0.4, -0.2) is 34.9 Å². The Bertz CT molecular complexity index is 1190. The van der Waals surface area contributed by atoms with Crippen LogP contribution in [0.25, 0.3) is 5.69 Å². The van der Waals surface area contributed by atoms with Gasteiger partial charge < -0.3 is 15.0 Å². The molecule has 2 heterocycles. The van der Waals surface area contributed by atoms with Crippen molar-refractivity contribution in [2.24, 2.45) is 5.92 Å². The van der Waals surface area contributed by atoms with Gasteiger partial charge in [0.1, 0.15) is 11.6 Å². The largest absolute Gasteiger partial charge is 0.491 e. The van der Waals surface area contributed by atoms with E-state index in [1.54, 1.807) is 12.1 Å². The van der Waals surface area contributed by atoms with E-state index >= 15 is 0 Å². The van der Waals surface area contributed by atoms with Gasteiger partial charge in [-0.3, -0.25) is 9.59 Å². The van der Waals surface area contributed by atoms with Gasteiger partial charge in [0.25, 0.3) is 5.56 Å². The van der Waals surface area contributed by atoms with E-state index in [9.17, 15) is 9.59 Å². The molecule has 4 rings (SSSR count). The number of carbonyl (C=O) groups excluding carboxylic acids is 1. The second-order valence-electron chi connectivity index (χ2n) is 9.28. The van der Waals surface area contributed by atoms with E-state index in [2.05, 4.69) is 22.2 Å². The van der Waals surface area contributed by atoms with Crippen LogP contribution in [0.15, 0.2) is 65.5 Å². The van der Waals surface area contributed by atoms with Crippen LogP contribution >= 0.6 is 0 Å². The molecule has 1 N–H and O–H groups in total. The molecule has 7 heteroatoms. The van der Waals surface area contributed by atoms with Gasteiger partial charge in [-0.25, -0.2) is 0 Å². The Morgan fingerprint density at radius 1 is 1.06 bits per heavy atom. The van der Waals surface area contributed by atoms with E-state index < -0.39 is 0 Å². The number of hydrogen-bond donors (Lipinski definition) is 1. The van der Waals surface area contributed by atoms with Gasteiger partial charge in [0, 0.05) is 25.7 Å². The Kier molecular flexibility index (Phi) is 7.85. The smallest absolute Gasteiger partial charge is 0.271 e. The topological polar surface area (TPSA) is 76.5 Å². The minimum absolute atomic E-state index is 0.0423. The maximum absolute atomic E-state index is 12.9. The van der Waals surface area contributed by atoms with Crippen LogP contribution in [0.5, 0.6) is 5.75 Å². The summed E-state index contributed by atoms with van der Waals surface area (Å²) in [5, 5.41) is 7.70. The van der Waals surface area contributed by atoms with Crippen molar-refractivity contribution in [3.8, 4) is 11.4 Å². The number of carbonyl (C=O) groups is 1. The molecule has 1 aromatic heterocycles. The summed E-state index contributed by atoms with van der Waals surface area (Å²) in [6.07, 6.45) is 2.80. The number of benzene rings is 2. The van der Waals surface area contributed by atoms with Gasteiger partial charge in [0.05, 0.1) is 17.7 Å². The molecule has 1 fully saturated rings. The molecule has 2 aromatic carbocycles.